The highest BCUT2D eigenvalue weighted by molar-refractivity contribution is 5.55. The topological polar surface area (TPSA) is 28.2 Å². The van der Waals surface area contributed by atoms with Gasteiger partial charge in [0.2, 0.25) is 0 Å². The summed E-state index contributed by atoms with van der Waals surface area (Å²) < 4.78 is 0. The molecular formula is C17H21N3. The third-order valence-corrected chi connectivity index (χ3v) is 3.94. The maximum absolute atomic E-state index is 4.43. The minimum absolute atomic E-state index is 0.862. The van der Waals surface area contributed by atoms with Crippen LogP contribution in [0, 0.1) is 6.92 Å². The molecule has 0 aliphatic carbocycles. The Morgan fingerprint density at radius 1 is 1.25 bits per heavy atom. The highest BCUT2D eigenvalue weighted by Gasteiger charge is 2.18. The van der Waals surface area contributed by atoms with Crippen LogP contribution in [0.15, 0.2) is 36.5 Å². The molecular weight excluding hydrogens is 246 g/mol. The van der Waals surface area contributed by atoms with Crippen LogP contribution >= 0.6 is 0 Å². The van der Waals surface area contributed by atoms with E-state index in [0.717, 1.165) is 31.7 Å². The van der Waals surface area contributed by atoms with Crippen LogP contribution in [0.1, 0.15) is 22.4 Å². The van der Waals surface area contributed by atoms with Crippen LogP contribution in [0.4, 0.5) is 5.69 Å². The Morgan fingerprint density at radius 2 is 2.05 bits per heavy atom. The van der Waals surface area contributed by atoms with E-state index in [1.54, 1.807) is 0 Å². The van der Waals surface area contributed by atoms with E-state index in [1.807, 2.05) is 13.2 Å². The summed E-state index contributed by atoms with van der Waals surface area (Å²) in [5.74, 6) is 0. The summed E-state index contributed by atoms with van der Waals surface area (Å²) in [6.45, 7) is 5.00. The zero-order chi connectivity index (χ0) is 13.9. The molecule has 1 aromatic carbocycles. The lowest BCUT2D eigenvalue weighted by atomic mass is 9.99. The zero-order valence-electron chi connectivity index (χ0n) is 12.2. The number of aryl methyl sites for hydroxylation is 1. The fourth-order valence-electron chi connectivity index (χ4n) is 2.90. The van der Waals surface area contributed by atoms with E-state index >= 15 is 0 Å². The van der Waals surface area contributed by atoms with Crippen molar-refractivity contribution in [3.8, 4) is 0 Å². The fraction of sp³-hybridized carbons (Fsp3) is 0.353. The molecule has 20 heavy (non-hydrogen) atoms. The van der Waals surface area contributed by atoms with E-state index in [0.29, 0.717) is 0 Å². The fourth-order valence-corrected chi connectivity index (χ4v) is 2.90. The van der Waals surface area contributed by atoms with Gasteiger partial charge >= 0.3 is 0 Å². The molecule has 0 bridgehead atoms. The molecule has 2 heterocycles. The van der Waals surface area contributed by atoms with Gasteiger partial charge in [0.15, 0.2) is 0 Å². The summed E-state index contributed by atoms with van der Waals surface area (Å²) in [4.78, 5) is 6.91. The van der Waals surface area contributed by atoms with Crippen molar-refractivity contribution in [3.63, 3.8) is 0 Å². The first kappa shape index (κ1) is 13.1. The lowest BCUT2D eigenvalue weighted by Gasteiger charge is -2.32. The van der Waals surface area contributed by atoms with Gasteiger partial charge in [-0.05, 0) is 37.6 Å². The number of rotatable bonds is 3. The van der Waals surface area contributed by atoms with Gasteiger partial charge in [0, 0.05) is 42.8 Å². The SMILES string of the molecule is CNCc1cnc(C)cc1N1CCc2ccccc2C1. The summed E-state index contributed by atoms with van der Waals surface area (Å²) in [5, 5.41) is 3.24. The van der Waals surface area contributed by atoms with Crippen LogP contribution in [-0.4, -0.2) is 18.6 Å². The minimum atomic E-state index is 0.862. The lowest BCUT2D eigenvalue weighted by Crippen LogP contribution is -2.31. The minimum Gasteiger partial charge on any atom is -0.367 e. The number of benzene rings is 1. The van der Waals surface area contributed by atoms with Gasteiger partial charge in [-0.1, -0.05) is 24.3 Å². The van der Waals surface area contributed by atoms with Crippen LogP contribution in [-0.2, 0) is 19.5 Å². The molecule has 0 saturated heterocycles. The van der Waals surface area contributed by atoms with Crippen molar-refractivity contribution in [1.29, 1.82) is 0 Å². The van der Waals surface area contributed by atoms with Gasteiger partial charge in [-0.25, -0.2) is 0 Å². The molecule has 1 N–H and O–H groups in total. The summed E-state index contributed by atoms with van der Waals surface area (Å²) in [5.41, 5.74) is 6.62. The summed E-state index contributed by atoms with van der Waals surface area (Å²) >= 11 is 0. The highest BCUT2D eigenvalue weighted by Crippen LogP contribution is 2.27. The van der Waals surface area contributed by atoms with Gasteiger partial charge < -0.3 is 10.2 Å². The molecule has 0 amide bonds. The molecule has 104 valence electrons. The molecule has 1 aliphatic heterocycles. The first-order valence-electron chi connectivity index (χ1n) is 7.20. The molecule has 3 rings (SSSR count). The predicted molar refractivity (Wildman–Crippen MR) is 82.9 cm³/mol. The maximum atomic E-state index is 4.43. The molecule has 0 unspecified atom stereocenters. The Bertz CT molecular complexity index is 607. The standard InChI is InChI=1S/C17H21N3/c1-13-9-17(16(10-18-2)11-19-13)20-8-7-14-5-3-4-6-15(14)12-20/h3-6,9,11,18H,7-8,10,12H2,1-2H3. The maximum Gasteiger partial charge on any atom is 0.0448 e. The lowest BCUT2D eigenvalue weighted by molar-refractivity contribution is 0.717. The number of hydrogen-bond acceptors (Lipinski definition) is 3. The monoisotopic (exact) mass is 267 g/mol. The van der Waals surface area contributed by atoms with E-state index < -0.39 is 0 Å². The van der Waals surface area contributed by atoms with Crippen LogP contribution < -0.4 is 10.2 Å². The van der Waals surface area contributed by atoms with Crippen molar-refractivity contribution in [2.75, 3.05) is 18.5 Å². The second-order valence-electron chi connectivity index (χ2n) is 5.42. The Balaban J connectivity index is 1.92. The van der Waals surface area contributed by atoms with Gasteiger partial charge in [0.1, 0.15) is 0 Å². The third kappa shape index (κ3) is 2.54. The number of aromatic nitrogens is 1. The normalized spacial score (nSPS) is 14.2. The molecule has 0 fully saturated rings. The molecule has 1 aliphatic rings. The molecule has 0 spiro atoms. The number of pyridine rings is 1. The van der Waals surface area contributed by atoms with Crippen molar-refractivity contribution in [3.05, 3.63) is 58.9 Å². The van der Waals surface area contributed by atoms with E-state index in [4.69, 9.17) is 0 Å². The van der Waals surface area contributed by atoms with Crippen LogP contribution in [0.3, 0.4) is 0 Å². The van der Waals surface area contributed by atoms with E-state index in [2.05, 4.69) is 52.5 Å². The zero-order valence-corrected chi connectivity index (χ0v) is 12.2. The van der Waals surface area contributed by atoms with Gasteiger partial charge in [-0.3, -0.25) is 4.98 Å². The van der Waals surface area contributed by atoms with Gasteiger partial charge in [0.05, 0.1) is 0 Å². The van der Waals surface area contributed by atoms with Gasteiger partial charge in [0.25, 0.3) is 0 Å². The highest BCUT2D eigenvalue weighted by atomic mass is 15.1. The Hall–Kier alpha value is -1.87. The third-order valence-electron chi connectivity index (χ3n) is 3.94. The molecule has 1 aromatic heterocycles. The predicted octanol–water partition coefficient (Wildman–Crippen LogP) is 2.67. The smallest absolute Gasteiger partial charge is 0.0448 e. The van der Waals surface area contributed by atoms with Crippen molar-refractivity contribution in [2.24, 2.45) is 0 Å². The molecule has 0 saturated carbocycles. The number of nitrogens with one attached hydrogen (secondary N) is 1. The number of hydrogen-bond donors (Lipinski definition) is 1. The Morgan fingerprint density at radius 3 is 2.85 bits per heavy atom. The van der Waals surface area contributed by atoms with E-state index in [1.165, 1.54) is 22.4 Å². The van der Waals surface area contributed by atoms with Crippen LogP contribution in [0.2, 0.25) is 0 Å². The summed E-state index contributed by atoms with van der Waals surface area (Å²) in [7, 11) is 1.98. The Kier molecular flexibility index (Phi) is 3.70. The van der Waals surface area contributed by atoms with Crippen LogP contribution in [0.5, 0.6) is 0 Å². The van der Waals surface area contributed by atoms with Crippen LogP contribution in [0.25, 0.3) is 0 Å². The second kappa shape index (κ2) is 5.63. The van der Waals surface area contributed by atoms with E-state index in [-0.39, 0.29) is 0 Å². The first-order valence-corrected chi connectivity index (χ1v) is 7.20. The molecule has 0 atom stereocenters. The first-order chi connectivity index (χ1) is 9.78. The number of fused-ring (bicyclic) bond motifs is 1. The average molecular weight is 267 g/mol. The molecule has 2 aromatic rings. The number of nitrogens with zero attached hydrogens (tertiary/aromatic N) is 2. The van der Waals surface area contributed by atoms with Crippen molar-refractivity contribution < 1.29 is 0 Å². The quantitative estimate of drug-likeness (QED) is 0.926. The van der Waals surface area contributed by atoms with Gasteiger partial charge in [-0.15, -0.1) is 0 Å². The van der Waals surface area contributed by atoms with Crippen molar-refractivity contribution in [1.82, 2.24) is 10.3 Å². The van der Waals surface area contributed by atoms with Crippen molar-refractivity contribution in [2.45, 2.75) is 26.4 Å². The second-order valence-corrected chi connectivity index (χ2v) is 5.42. The molecule has 3 heteroatoms. The van der Waals surface area contributed by atoms with Crippen molar-refractivity contribution >= 4 is 5.69 Å². The van der Waals surface area contributed by atoms with Gasteiger partial charge in [-0.2, -0.15) is 0 Å². The average Bonchev–Trinajstić information content (AvgIpc) is 2.49. The summed E-state index contributed by atoms with van der Waals surface area (Å²) in [6, 6.07) is 11.0. The Labute approximate surface area is 120 Å². The summed E-state index contributed by atoms with van der Waals surface area (Å²) in [6.07, 6.45) is 3.12. The largest absolute Gasteiger partial charge is 0.367 e. The molecule has 0 radical (unpaired) electrons. The number of anilines is 1. The molecule has 3 nitrogen and oxygen atoms in total. The van der Waals surface area contributed by atoms with E-state index in [9.17, 15) is 0 Å².